The maximum atomic E-state index is 13.9. The highest BCUT2D eigenvalue weighted by molar-refractivity contribution is 7.89. The zero-order valence-corrected chi connectivity index (χ0v) is 20.9. The predicted molar refractivity (Wildman–Crippen MR) is 135 cm³/mol. The molecule has 1 saturated heterocycles. The Hall–Kier alpha value is -3.07. The molecule has 0 aromatic heterocycles. The third kappa shape index (κ3) is 3.86. The van der Waals surface area contributed by atoms with Crippen molar-refractivity contribution in [2.75, 3.05) is 39.3 Å². The second-order valence-electron chi connectivity index (χ2n) is 9.03. The van der Waals surface area contributed by atoms with Gasteiger partial charge in [-0.2, -0.15) is 4.31 Å². The maximum absolute atomic E-state index is 13.9. The highest BCUT2D eigenvalue weighted by Gasteiger charge is 2.50. The molecule has 0 unspecified atom stereocenters. The molecule has 1 N–H and O–H groups in total. The minimum absolute atomic E-state index is 0.0393. The highest BCUT2D eigenvalue weighted by Crippen LogP contribution is 2.51. The van der Waals surface area contributed by atoms with E-state index in [1.54, 1.807) is 35.7 Å². The largest absolute Gasteiger partial charge is 0.497 e. The Morgan fingerprint density at radius 1 is 0.971 bits per heavy atom. The summed E-state index contributed by atoms with van der Waals surface area (Å²) in [5.41, 5.74) is 3.85. The van der Waals surface area contributed by atoms with Crippen LogP contribution in [0, 0.1) is 5.92 Å². The Morgan fingerprint density at radius 3 is 2.49 bits per heavy atom. The van der Waals surface area contributed by atoms with Gasteiger partial charge in [0.1, 0.15) is 16.4 Å². The fourth-order valence-electron chi connectivity index (χ4n) is 5.62. The number of aliphatic hydroxyl groups excluding tert-OH is 1. The monoisotopic (exact) mass is 494 g/mol. The Labute approximate surface area is 206 Å². The molecule has 0 radical (unpaired) electrons. The molecule has 0 amide bonds. The van der Waals surface area contributed by atoms with E-state index >= 15 is 0 Å². The van der Waals surface area contributed by atoms with Gasteiger partial charge < -0.3 is 19.5 Å². The van der Waals surface area contributed by atoms with Crippen LogP contribution in [0.1, 0.15) is 18.0 Å². The van der Waals surface area contributed by atoms with Crippen LogP contribution in [0.2, 0.25) is 0 Å². The summed E-state index contributed by atoms with van der Waals surface area (Å²) in [5, 5.41) is 10.3. The van der Waals surface area contributed by atoms with Crippen molar-refractivity contribution in [2.24, 2.45) is 5.92 Å². The molecule has 35 heavy (non-hydrogen) atoms. The Morgan fingerprint density at radius 2 is 1.74 bits per heavy atom. The molecule has 0 spiro atoms. The van der Waals surface area contributed by atoms with Crippen LogP contribution < -0.4 is 14.4 Å². The van der Waals surface area contributed by atoms with Gasteiger partial charge >= 0.3 is 0 Å². The molecular formula is C27H30N2O5S. The number of sulfonamides is 1. The second kappa shape index (κ2) is 9.18. The fourth-order valence-corrected chi connectivity index (χ4v) is 7.45. The molecule has 2 aliphatic rings. The lowest BCUT2D eigenvalue weighted by atomic mass is 9.81. The van der Waals surface area contributed by atoms with Crippen LogP contribution in [0.5, 0.6) is 11.5 Å². The lowest BCUT2D eigenvalue weighted by Crippen LogP contribution is -2.48. The smallest absolute Gasteiger partial charge is 0.247 e. The first-order valence-electron chi connectivity index (χ1n) is 11.7. The predicted octanol–water partition coefficient (Wildman–Crippen LogP) is 3.93. The van der Waals surface area contributed by atoms with Crippen LogP contribution in [-0.2, 0) is 10.0 Å². The van der Waals surface area contributed by atoms with E-state index in [0.717, 1.165) is 28.1 Å². The molecule has 8 heteroatoms. The number of hydrogen-bond donors (Lipinski definition) is 1. The van der Waals surface area contributed by atoms with Gasteiger partial charge in [-0.05, 0) is 59.5 Å². The van der Waals surface area contributed by atoms with Gasteiger partial charge in [-0.25, -0.2) is 8.42 Å². The number of ether oxygens (including phenoxy) is 2. The van der Waals surface area contributed by atoms with Crippen LogP contribution in [0.4, 0.5) is 5.69 Å². The molecule has 3 atom stereocenters. The summed E-state index contributed by atoms with van der Waals surface area (Å²) in [6, 6.07) is 20.1. The first-order chi connectivity index (χ1) is 16.9. The summed E-state index contributed by atoms with van der Waals surface area (Å²) in [4.78, 5) is 2.25. The van der Waals surface area contributed by atoms with Crippen molar-refractivity contribution < 1.29 is 23.0 Å². The number of hydrogen-bond acceptors (Lipinski definition) is 6. The molecule has 3 aromatic rings. The molecular weight excluding hydrogens is 464 g/mol. The lowest BCUT2D eigenvalue weighted by Gasteiger charge is -2.44. The number of benzene rings is 3. The molecule has 0 aliphatic carbocycles. The van der Waals surface area contributed by atoms with Crippen LogP contribution in [-0.4, -0.2) is 58.3 Å². The van der Waals surface area contributed by atoms with Crippen molar-refractivity contribution in [1.82, 2.24) is 4.31 Å². The van der Waals surface area contributed by atoms with Crippen LogP contribution >= 0.6 is 0 Å². The van der Waals surface area contributed by atoms with Gasteiger partial charge in [-0.1, -0.05) is 30.3 Å². The van der Waals surface area contributed by atoms with Crippen molar-refractivity contribution in [2.45, 2.75) is 23.4 Å². The van der Waals surface area contributed by atoms with Gasteiger partial charge in [0, 0.05) is 25.2 Å². The van der Waals surface area contributed by atoms with E-state index in [1.807, 2.05) is 43.4 Å². The maximum Gasteiger partial charge on any atom is 0.247 e. The molecule has 1 fully saturated rings. The van der Waals surface area contributed by atoms with Gasteiger partial charge in [0.15, 0.2) is 0 Å². The minimum atomic E-state index is -3.84. The van der Waals surface area contributed by atoms with E-state index in [4.69, 9.17) is 9.47 Å². The summed E-state index contributed by atoms with van der Waals surface area (Å²) in [5.74, 6) is 1.05. The van der Waals surface area contributed by atoms with E-state index < -0.39 is 10.0 Å². The van der Waals surface area contributed by atoms with Gasteiger partial charge in [-0.15, -0.1) is 0 Å². The minimum Gasteiger partial charge on any atom is -0.497 e. The average molecular weight is 495 g/mol. The number of anilines is 1. The number of para-hydroxylation sites is 1. The molecule has 7 nitrogen and oxygen atoms in total. The van der Waals surface area contributed by atoms with Gasteiger partial charge in [-0.3, -0.25) is 0 Å². The first kappa shape index (κ1) is 23.7. The molecule has 3 aromatic carbocycles. The Kier molecular flexibility index (Phi) is 6.21. The molecule has 0 bridgehead atoms. The van der Waals surface area contributed by atoms with Crippen LogP contribution in [0.25, 0.3) is 11.1 Å². The highest BCUT2D eigenvalue weighted by atomic mass is 32.2. The molecule has 184 valence electrons. The Balaban J connectivity index is 1.65. The fraction of sp³-hybridized carbons (Fsp3) is 0.333. The van der Waals surface area contributed by atoms with Gasteiger partial charge in [0.05, 0.1) is 32.9 Å². The van der Waals surface area contributed by atoms with E-state index in [-0.39, 0.29) is 29.5 Å². The molecule has 0 saturated carbocycles. The quantitative estimate of drug-likeness (QED) is 0.559. The third-order valence-electron chi connectivity index (χ3n) is 7.36. The standard InChI is InChI=1S/C27H30N2O5S/c1-28-23-12-11-19(18-7-6-8-20(15-18)33-2)16-22(23)27-21(24(28)17-30)13-14-29(27)35(31,32)26-10-5-4-9-25(26)34-3/h4-12,15-16,21,24,27,30H,13-14,17H2,1-3H3/t21-,24+,27-/m1/s1. The number of likely N-dealkylation sites (N-methyl/N-ethyl adjacent to an activating group) is 1. The van der Waals surface area contributed by atoms with E-state index in [0.29, 0.717) is 18.7 Å². The summed E-state index contributed by atoms with van der Waals surface area (Å²) in [6.45, 7) is 0.334. The van der Waals surface area contributed by atoms with E-state index in [1.165, 1.54) is 7.11 Å². The zero-order valence-electron chi connectivity index (χ0n) is 20.1. The van der Waals surface area contributed by atoms with Gasteiger partial charge in [0.2, 0.25) is 10.0 Å². The number of rotatable bonds is 6. The summed E-state index contributed by atoms with van der Waals surface area (Å²) in [7, 11) is 1.25. The number of methoxy groups -OCH3 is 2. The summed E-state index contributed by atoms with van der Waals surface area (Å²) < 4.78 is 40.3. The van der Waals surface area contributed by atoms with Crippen molar-refractivity contribution in [3.8, 4) is 22.6 Å². The van der Waals surface area contributed by atoms with Crippen LogP contribution in [0.3, 0.4) is 0 Å². The number of fused-ring (bicyclic) bond motifs is 3. The molecule has 2 heterocycles. The number of aliphatic hydroxyl groups is 1. The van der Waals surface area contributed by atoms with E-state index in [2.05, 4.69) is 11.0 Å². The normalized spacial score (nSPS) is 21.9. The molecule has 2 aliphatic heterocycles. The van der Waals surface area contributed by atoms with Crippen molar-refractivity contribution >= 4 is 15.7 Å². The molecule has 5 rings (SSSR count). The summed E-state index contributed by atoms with van der Waals surface area (Å²) >= 11 is 0. The number of nitrogens with zero attached hydrogens (tertiary/aromatic N) is 2. The van der Waals surface area contributed by atoms with Crippen molar-refractivity contribution in [1.29, 1.82) is 0 Å². The second-order valence-corrected chi connectivity index (χ2v) is 10.9. The SMILES string of the molecule is COc1cccc(-c2ccc3c(c2)[C@H]2[C@H](CCN2S(=O)(=O)c2ccccc2OC)[C@H](CO)N3C)c1. The van der Waals surface area contributed by atoms with Crippen molar-refractivity contribution in [3.05, 3.63) is 72.3 Å². The summed E-state index contributed by atoms with van der Waals surface area (Å²) in [6.07, 6.45) is 0.664. The van der Waals surface area contributed by atoms with E-state index in [9.17, 15) is 13.5 Å². The lowest BCUT2D eigenvalue weighted by molar-refractivity contribution is 0.193. The van der Waals surface area contributed by atoms with Gasteiger partial charge in [0.25, 0.3) is 0 Å². The first-order valence-corrected chi connectivity index (χ1v) is 13.1. The average Bonchev–Trinajstić information content (AvgIpc) is 3.35. The van der Waals surface area contributed by atoms with Crippen molar-refractivity contribution in [3.63, 3.8) is 0 Å². The topological polar surface area (TPSA) is 79.3 Å². The van der Waals surface area contributed by atoms with Crippen LogP contribution in [0.15, 0.2) is 71.6 Å². The zero-order chi connectivity index (χ0) is 24.7. The third-order valence-corrected chi connectivity index (χ3v) is 9.28. The Bertz CT molecular complexity index is 1340.